The molecule has 1 fully saturated rings. The molecule has 2 N–H and O–H groups in total. The molecule has 0 spiro atoms. The largest absolute Gasteiger partial charge is 0.480 e. The number of imidazole rings is 1. The van der Waals surface area contributed by atoms with E-state index in [1.165, 1.54) is 0 Å². The Balaban J connectivity index is 0.00000169. The first kappa shape index (κ1) is 17.6. The molecule has 2 aromatic heterocycles. The van der Waals surface area contributed by atoms with Crippen molar-refractivity contribution in [2.45, 2.75) is 0 Å². The van der Waals surface area contributed by atoms with Gasteiger partial charge in [0.15, 0.2) is 5.65 Å². The summed E-state index contributed by atoms with van der Waals surface area (Å²) < 4.78 is 5.37. The molecule has 1 aromatic carbocycles. The van der Waals surface area contributed by atoms with Crippen LogP contribution in [0.1, 0.15) is 0 Å². The number of rotatable bonds is 2. The average molecular weight is 420 g/mol. The van der Waals surface area contributed by atoms with Crippen LogP contribution in [0, 0.1) is 0 Å². The van der Waals surface area contributed by atoms with Gasteiger partial charge in [-0.05, 0) is 18.2 Å². The Bertz CT molecular complexity index is 847. The molecule has 0 bridgehead atoms. The second-order valence-corrected chi connectivity index (χ2v) is 5.80. The number of H-pyrrole nitrogens is 1. The van der Waals surface area contributed by atoms with Gasteiger partial charge < -0.3 is 19.7 Å². The van der Waals surface area contributed by atoms with Crippen molar-refractivity contribution in [2.24, 2.45) is 0 Å². The monoisotopic (exact) mass is 419 g/mol. The van der Waals surface area contributed by atoms with Gasteiger partial charge in [-0.25, -0.2) is 4.98 Å². The molecule has 1 aliphatic heterocycles. The zero-order chi connectivity index (χ0) is 15.8. The summed E-state index contributed by atoms with van der Waals surface area (Å²) in [6, 6.07) is 9.68. The first-order valence-corrected chi connectivity index (χ1v) is 7.77. The Morgan fingerprint density at radius 3 is 2.54 bits per heavy atom. The van der Waals surface area contributed by atoms with E-state index < -0.39 is 0 Å². The molecule has 6 nitrogen and oxygen atoms in total. The summed E-state index contributed by atoms with van der Waals surface area (Å²) in [7, 11) is 0. The molecule has 1 radical (unpaired) electrons. The van der Waals surface area contributed by atoms with Crippen LogP contribution in [0.25, 0.3) is 22.4 Å². The number of hydrogen-bond acceptors (Lipinski definition) is 5. The molecule has 3 aromatic rings. The quantitative estimate of drug-likeness (QED) is 0.668. The van der Waals surface area contributed by atoms with Crippen LogP contribution in [-0.4, -0.2) is 46.4 Å². The van der Waals surface area contributed by atoms with E-state index in [9.17, 15) is 5.11 Å². The molecule has 1 aliphatic rings. The van der Waals surface area contributed by atoms with Crippen molar-refractivity contribution in [3.05, 3.63) is 35.4 Å². The fourth-order valence-corrected chi connectivity index (χ4v) is 3.02. The molecular formula is C16H15ClN4O2Y. The first-order chi connectivity index (χ1) is 11.2. The molecule has 0 amide bonds. The van der Waals surface area contributed by atoms with E-state index >= 15 is 0 Å². The van der Waals surface area contributed by atoms with E-state index in [4.69, 9.17) is 16.3 Å². The van der Waals surface area contributed by atoms with Crippen LogP contribution in [0.5, 0.6) is 6.01 Å². The molecule has 3 heterocycles. The smallest absolute Gasteiger partial charge is 0.293 e. The van der Waals surface area contributed by atoms with Crippen LogP contribution in [0.15, 0.2) is 30.3 Å². The summed E-state index contributed by atoms with van der Waals surface area (Å²) in [6.07, 6.45) is 0. The predicted molar refractivity (Wildman–Crippen MR) is 89.0 cm³/mol. The van der Waals surface area contributed by atoms with Gasteiger partial charge in [-0.3, -0.25) is 0 Å². The van der Waals surface area contributed by atoms with Gasteiger partial charge in [-0.2, -0.15) is 4.98 Å². The predicted octanol–water partition coefficient (Wildman–Crippen LogP) is 2.82. The number of aromatic amines is 1. The van der Waals surface area contributed by atoms with Gasteiger partial charge in [0.2, 0.25) is 0 Å². The second kappa shape index (κ2) is 7.36. The number of aromatic hydroxyl groups is 1. The minimum Gasteiger partial charge on any atom is -0.480 e. The first-order valence-electron chi connectivity index (χ1n) is 7.39. The number of morpholine rings is 1. The Hall–Kier alpha value is -1.21. The van der Waals surface area contributed by atoms with Crippen molar-refractivity contribution >= 4 is 28.5 Å². The number of nitrogens with zero attached hydrogens (tertiary/aromatic N) is 3. The number of anilines is 1. The summed E-state index contributed by atoms with van der Waals surface area (Å²) in [6.45, 7) is 3.32. The topological polar surface area (TPSA) is 74.3 Å². The third kappa shape index (κ3) is 3.42. The van der Waals surface area contributed by atoms with Gasteiger partial charge in [-0.1, -0.05) is 23.7 Å². The van der Waals surface area contributed by atoms with E-state index in [1.54, 1.807) is 6.07 Å². The molecule has 0 unspecified atom stereocenters. The van der Waals surface area contributed by atoms with Crippen molar-refractivity contribution in [3.63, 3.8) is 0 Å². The van der Waals surface area contributed by atoms with Crippen molar-refractivity contribution in [2.75, 3.05) is 31.2 Å². The van der Waals surface area contributed by atoms with Gasteiger partial charge in [0, 0.05) is 57.0 Å². The number of halogens is 1. The van der Waals surface area contributed by atoms with Gasteiger partial charge in [0.1, 0.15) is 0 Å². The van der Waals surface area contributed by atoms with Crippen molar-refractivity contribution < 1.29 is 42.6 Å². The van der Waals surface area contributed by atoms with Gasteiger partial charge in [0.05, 0.1) is 29.4 Å². The molecule has 0 aliphatic carbocycles. The third-order valence-corrected chi connectivity index (χ3v) is 4.22. The number of benzene rings is 1. The Morgan fingerprint density at radius 2 is 1.83 bits per heavy atom. The number of aromatic nitrogens is 3. The standard InChI is InChI=1S/C16H15ClN4O2.Y/c17-12-9-13-15(20-16(22)18-13)19-14(12)10-1-3-11(4-2-10)21-5-7-23-8-6-21;/h1-4,9H,5-8H2,(H2,18,19,20,22);. The van der Waals surface area contributed by atoms with Gasteiger partial charge >= 0.3 is 0 Å². The summed E-state index contributed by atoms with van der Waals surface area (Å²) in [5.74, 6) is 0. The zero-order valence-electron chi connectivity index (χ0n) is 12.9. The SMILES string of the molecule is Oc1nc2nc(-c3ccc(N4CCOCC4)cc3)c(Cl)cc2[nH]1.[Y]. The Kier molecular flexibility index (Phi) is 5.40. The van der Waals surface area contributed by atoms with Crippen molar-refractivity contribution in [1.29, 1.82) is 0 Å². The third-order valence-electron chi connectivity index (χ3n) is 3.93. The molecule has 0 saturated carbocycles. The van der Waals surface area contributed by atoms with Crippen LogP contribution >= 0.6 is 11.6 Å². The fourth-order valence-electron chi connectivity index (χ4n) is 2.76. The molecule has 4 rings (SSSR count). The van der Waals surface area contributed by atoms with Crippen LogP contribution in [-0.2, 0) is 37.4 Å². The summed E-state index contributed by atoms with van der Waals surface area (Å²) in [4.78, 5) is 13.4. The van der Waals surface area contributed by atoms with E-state index in [2.05, 4.69) is 32.0 Å². The normalized spacial score (nSPS) is 14.6. The summed E-state index contributed by atoms with van der Waals surface area (Å²) >= 11 is 6.32. The van der Waals surface area contributed by atoms with Crippen LogP contribution in [0.2, 0.25) is 5.02 Å². The molecule has 0 atom stereocenters. The van der Waals surface area contributed by atoms with E-state index in [0.717, 1.165) is 37.6 Å². The number of hydrogen-bond donors (Lipinski definition) is 2. The Labute approximate surface area is 169 Å². The summed E-state index contributed by atoms with van der Waals surface area (Å²) in [5.41, 5.74) is 3.78. The maximum atomic E-state index is 9.42. The maximum Gasteiger partial charge on any atom is 0.293 e. The van der Waals surface area contributed by atoms with Crippen LogP contribution < -0.4 is 4.90 Å². The number of pyridine rings is 1. The van der Waals surface area contributed by atoms with Crippen LogP contribution in [0.4, 0.5) is 5.69 Å². The molecule has 8 heteroatoms. The molecule has 121 valence electrons. The van der Waals surface area contributed by atoms with E-state index in [-0.39, 0.29) is 38.7 Å². The molecular weight excluding hydrogens is 405 g/mol. The zero-order valence-corrected chi connectivity index (χ0v) is 16.5. The van der Waals surface area contributed by atoms with Crippen LogP contribution in [0.3, 0.4) is 0 Å². The second-order valence-electron chi connectivity index (χ2n) is 5.40. The minimum atomic E-state index is -0.164. The van der Waals surface area contributed by atoms with E-state index in [0.29, 0.717) is 21.9 Å². The maximum absolute atomic E-state index is 9.42. The van der Waals surface area contributed by atoms with Crippen molar-refractivity contribution in [1.82, 2.24) is 15.0 Å². The fraction of sp³-hybridized carbons (Fsp3) is 0.250. The number of fused-ring (bicyclic) bond motifs is 1. The average Bonchev–Trinajstić information content (AvgIpc) is 2.94. The Morgan fingerprint density at radius 1 is 1.12 bits per heavy atom. The minimum absolute atomic E-state index is 0. The molecule has 1 saturated heterocycles. The summed E-state index contributed by atoms with van der Waals surface area (Å²) in [5, 5.41) is 9.94. The van der Waals surface area contributed by atoms with Gasteiger partial charge in [-0.15, -0.1) is 0 Å². The molecule has 24 heavy (non-hydrogen) atoms. The van der Waals surface area contributed by atoms with Gasteiger partial charge in [0.25, 0.3) is 6.01 Å². The van der Waals surface area contributed by atoms with Crippen molar-refractivity contribution in [3.8, 4) is 17.3 Å². The number of ether oxygens (including phenoxy) is 1. The number of nitrogens with one attached hydrogen (secondary N) is 1. The van der Waals surface area contributed by atoms with E-state index in [1.807, 2.05) is 12.1 Å².